The van der Waals surface area contributed by atoms with E-state index in [0.29, 0.717) is 43.0 Å². The lowest BCUT2D eigenvalue weighted by atomic mass is 10.2. The first-order valence-electron chi connectivity index (χ1n) is 8.03. The highest BCUT2D eigenvalue weighted by Crippen LogP contribution is 2.19. The van der Waals surface area contributed by atoms with E-state index in [1.54, 1.807) is 28.0 Å². The van der Waals surface area contributed by atoms with Gasteiger partial charge in [-0.2, -0.15) is 0 Å². The monoisotopic (exact) mass is 358 g/mol. The van der Waals surface area contributed by atoms with Gasteiger partial charge in [0, 0.05) is 31.7 Å². The third-order valence-corrected chi connectivity index (χ3v) is 5.18. The summed E-state index contributed by atoms with van der Waals surface area (Å²) in [4.78, 5) is 40.1. The van der Waals surface area contributed by atoms with Crippen LogP contribution in [0.2, 0.25) is 0 Å². The van der Waals surface area contributed by atoms with Gasteiger partial charge in [-0.25, -0.2) is 4.79 Å². The molecule has 0 aliphatic carbocycles. The van der Waals surface area contributed by atoms with Gasteiger partial charge >= 0.3 is 5.97 Å². The molecule has 1 fully saturated rings. The van der Waals surface area contributed by atoms with Crippen molar-refractivity contribution in [2.45, 2.75) is 6.42 Å². The van der Waals surface area contributed by atoms with Crippen LogP contribution in [0.1, 0.15) is 36.1 Å². The number of benzene rings is 1. The highest BCUT2D eigenvalue weighted by atomic mass is 32.1. The predicted molar refractivity (Wildman–Crippen MR) is 94.1 cm³/mol. The smallest absolute Gasteiger partial charge is 0.345 e. The summed E-state index contributed by atoms with van der Waals surface area (Å²) >= 11 is 0.982. The van der Waals surface area contributed by atoms with Crippen LogP contribution >= 0.6 is 11.3 Å². The highest BCUT2D eigenvalue weighted by Gasteiger charge is 2.24. The van der Waals surface area contributed by atoms with Crippen molar-refractivity contribution < 1.29 is 19.5 Å². The quantitative estimate of drug-likeness (QED) is 0.914. The van der Waals surface area contributed by atoms with Crippen molar-refractivity contribution in [2.75, 3.05) is 26.2 Å². The Kier molecular flexibility index (Phi) is 5.14. The summed E-state index contributed by atoms with van der Waals surface area (Å²) in [6, 6.07) is 12.1. The van der Waals surface area contributed by atoms with Crippen LogP contribution in [0.3, 0.4) is 0 Å². The number of hydrogen-bond acceptors (Lipinski definition) is 4. The second-order valence-electron chi connectivity index (χ2n) is 5.77. The molecule has 1 aromatic carbocycles. The molecule has 0 bridgehead atoms. The van der Waals surface area contributed by atoms with Crippen molar-refractivity contribution >= 4 is 29.1 Å². The Hall–Kier alpha value is -2.67. The number of thiophene rings is 1. The van der Waals surface area contributed by atoms with E-state index in [0.717, 1.165) is 11.3 Å². The van der Waals surface area contributed by atoms with Crippen molar-refractivity contribution in [3.63, 3.8) is 0 Å². The van der Waals surface area contributed by atoms with Gasteiger partial charge in [0.2, 0.25) is 0 Å². The molecular formula is C18H18N2O4S. The number of amides is 2. The van der Waals surface area contributed by atoms with Crippen LogP contribution in [-0.2, 0) is 0 Å². The number of carboxylic acids is 1. The fraction of sp³-hybridized carbons (Fsp3) is 0.278. The molecule has 6 nitrogen and oxygen atoms in total. The number of rotatable bonds is 3. The standard InChI is InChI=1S/C18H18N2O4S/c21-16(13-5-2-1-3-6-13)19-9-4-10-20(12-11-19)17(22)14-7-8-15(25-14)18(23)24/h1-3,5-8H,4,9-12H2,(H,23,24). The summed E-state index contributed by atoms with van der Waals surface area (Å²) in [5.41, 5.74) is 0.645. The van der Waals surface area contributed by atoms with E-state index >= 15 is 0 Å². The molecule has 130 valence electrons. The molecule has 0 saturated carbocycles. The third kappa shape index (κ3) is 3.88. The van der Waals surface area contributed by atoms with Gasteiger partial charge in [-0.05, 0) is 30.7 Å². The van der Waals surface area contributed by atoms with Gasteiger partial charge in [-0.15, -0.1) is 11.3 Å². The normalized spacial score (nSPS) is 14.9. The molecule has 1 aliphatic heterocycles. The number of aromatic carboxylic acids is 1. The average Bonchev–Trinajstić information content (AvgIpc) is 3.00. The van der Waals surface area contributed by atoms with Gasteiger partial charge in [-0.1, -0.05) is 18.2 Å². The molecule has 0 atom stereocenters. The summed E-state index contributed by atoms with van der Waals surface area (Å²) in [6.45, 7) is 2.06. The predicted octanol–water partition coefficient (Wildman–Crippen LogP) is 2.43. The Morgan fingerprint density at radius 2 is 1.40 bits per heavy atom. The van der Waals surface area contributed by atoms with E-state index in [1.165, 1.54) is 6.07 Å². The van der Waals surface area contributed by atoms with Crippen molar-refractivity contribution in [2.24, 2.45) is 0 Å². The second-order valence-corrected chi connectivity index (χ2v) is 6.86. The fourth-order valence-electron chi connectivity index (χ4n) is 2.81. The van der Waals surface area contributed by atoms with E-state index in [2.05, 4.69) is 0 Å². The number of nitrogens with zero attached hydrogens (tertiary/aromatic N) is 2. The molecule has 3 rings (SSSR count). The maximum atomic E-state index is 12.6. The van der Waals surface area contributed by atoms with Crippen LogP contribution in [0.15, 0.2) is 42.5 Å². The summed E-state index contributed by atoms with van der Waals surface area (Å²) < 4.78 is 0. The molecular weight excluding hydrogens is 340 g/mol. The van der Waals surface area contributed by atoms with Crippen molar-refractivity contribution in [1.29, 1.82) is 0 Å². The lowest BCUT2D eigenvalue weighted by Gasteiger charge is -2.22. The molecule has 7 heteroatoms. The van der Waals surface area contributed by atoms with Crippen LogP contribution < -0.4 is 0 Å². The molecule has 1 aromatic heterocycles. The Morgan fingerprint density at radius 3 is 2.00 bits per heavy atom. The molecule has 1 N–H and O–H groups in total. The molecule has 0 radical (unpaired) electrons. The Morgan fingerprint density at radius 1 is 0.800 bits per heavy atom. The molecule has 2 aromatic rings. The summed E-state index contributed by atoms with van der Waals surface area (Å²) in [7, 11) is 0. The number of carbonyl (C=O) groups is 3. The Labute approximate surface area is 149 Å². The first kappa shape index (κ1) is 17.2. The molecule has 0 spiro atoms. The Balaban J connectivity index is 1.65. The maximum absolute atomic E-state index is 12.6. The zero-order valence-electron chi connectivity index (χ0n) is 13.6. The van der Waals surface area contributed by atoms with Gasteiger partial charge in [0.15, 0.2) is 0 Å². The minimum Gasteiger partial charge on any atom is -0.477 e. The topological polar surface area (TPSA) is 77.9 Å². The van der Waals surface area contributed by atoms with Crippen LogP contribution in [0.25, 0.3) is 0 Å². The van der Waals surface area contributed by atoms with Crippen LogP contribution in [0.4, 0.5) is 0 Å². The van der Waals surface area contributed by atoms with Crippen molar-refractivity contribution in [3.8, 4) is 0 Å². The Bertz CT molecular complexity index is 787. The SMILES string of the molecule is O=C(O)c1ccc(C(=O)N2CCCN(C(=O)c3ccccc3)CC2)s1. The molecule has 1 aliphatic rings. The lowest BCUT2D eigenvalue weighted by Crippen LogP contribution is -2.37. The van der Waals surface area contributed by atoms with Crippen LogP contribution in [0.5, 0.6) is 0 Å². The second kappa shape index (κ2) is 7.48. The van der Waals surface area contributed by atoms with Gasteiger partial charge < -0.3 is 14.9 Å². The third-order valence-electron chi connectivity index (χ3n) is 4.12. The average molecular weight is 358 g/mol. The maximum Gasteiger partial charge on any atom is 0.345 e. The first-order valence-corrected chi connectivity index (χ1v) is 8.84. The number of carboxylic acid groups (broad SMARTS) is 1. The van der Waals surface area contributed by atoms with E-state index in [-0.39, 0.29) is 16.7 Å². The van der Waals surface area contributed by atoms with E-state index in [4.69, 9.17) is 5.11 Å². The highest BCUT2D eigenvalue weighted by molar-refractivity contribution is 7.15. The van der Waals surface area contributed by atoms with Crippen molar-refractivity contribution in [1.82, 2.24) is 9.80 Å². The van der Waals surface area contributed by atoms with Gasteiger partial charge in [0.05, 0.1) is 4.88 Å². The fourth-order valence-corrected chi connectivity index (χ4v) is 3.62. The van der Waals surface area contributed by atoms with E-state index < -0.39 is 5.97 Å². The van der Waals surface area contributed by atoms with E-state index in [1.807, 2.05) is 18.2 Å². The molecule has 2 amide bonds. The molecule has 0 unspecified atom stereocenters. The first-order chi connectivity index (χ1) is 12.1. The number of hydrogen-bond donors (Lipinski definition) is 1. The zero-order chi connectivity index (χ0) is 17.8. The van der Waals surface area contributed by atoms with Crippen molar-refractivity contribution in [3.05, 3.63) is 57.8 Å². The minimum absolute atomic E-state index is 0.0285. The largest absolute Gasteiger partial charge is 0.477 e. The van der Waals surface area contributed by atoms with Gasteiger partial charge in [-0.3, -0.25) is 9.59 Å². The molecule has 2 heterocycles. The number of carbonyl (C=O) groups excluding carboxylic acids is 2. The molecule has 1 saturated heterocycles. The van der Waals surface area contributed by atoms with Gasteiger partial charge in [0.1, 0.15) is 4.88 Å². The summed E-state index contributed by atoms with van der Waals surface area (Å²) in [5, 5.41) is 8.98. The van der Waals surface area contributed by atoms with Crippen LogP contribution in [-0.4, -0.2) is 58.9 Å². The summed E-state index contributed by atoms with van der Waals surface area (Å²) in [5.74, 6) is -1.23. The van der Waals surface area contributed by atoms with Crippen LogP contribution in [0, 0.1) is 0 Å². The zero-order valence-corrected chi connectivity index (χ0v) is 14.4. The molecule has 25 heavy (non-hydrogen) atoms. The van der Waals surface area contributed by atoms with E-state index in [9.17, 15) is 14.4 Å². The van der Waals surface area contributed by atoms with Gasteiger partial charge in [0.25, 0.3) is 11.8 Å². The lowest BCUT2D eigenvalue weighted by molar-refractivity contribution is 0.0701. The minimum atomic E-state index is -1.03. The summed E-state index contributed by atoms with van der Waals surface area (Å²) in [6.07, 6.45) is 0.696.